The molecule has 0 unspecified atom stereocenters. The third-order valence-electron chi connectivity index (χ3n) is 3.48. The molecule has 2 rings (SSSR count). The molecule has 3 N–H and O–H groups in total. The van der Waals surface area contributed by atoms with E-state index in [-0.39, 0.29) is 24.9 Å². The van der Waals surface area contributed by atoms with Gasteiger partial charge in [0.15, 0.2) is 0 Å². The zero-order valence-corrected chi connectivity index (χ0v) is 14.2. The first-order valence-electron chi connectivity index (χ1n) is 7.67. The molecule has 0 saturated carbocycles. The lowest BCUT2D eigenvalue weighted by molar-refractivity contribution is -0.116. The number of amides is 3. The van der Waals surface area contributed by atoms with Crippen molar-refractivity contribution in [1.82, 2.24) is 10.6 Å². The quantitative estimate of drug-likeness (QED) is 0.750. The molecule has 24 heavy (non-hydrogen) atoms. The predicted octanol–water partition coefficient (Wildman–Crippen LogP) is 3.48. The van der Waals surface area contributed by atoms with Crippen molar-refractivity contribution in [3.63, 3.8) is 0 Å². The minimum absolute atomic E-state index is 0.177. The lowest BCUT2D eigenvalue weighted by Gasteiger charge is -2.10. The van der Waals surface area contributed by atoms with E-state index in [1.165, 1.54) is 0 Å². The van der Waals surface area contributed by atoms with Crippen LogP contribution < -0.4 is 16.0 Å². The molecule has 0 atom stereocenters. The smallest absolute Gasteiger partial charge is 0.315 e. The summed E-state index contributed by atoms with van der Waals surface area (Å²) in [6.07, 6.45) is 0.185. The van der Waals surface area contributed by atoms with E-state index in [0.29, 0.717) is 17.3 Å². The summed E-state index contributed by atoms with van der Waals surface area (Å²) < 4.78 is 0. The molecule has 0 spiro atoms. The van der Waals surface area contributed by atoms with E-state index < -0.39 is 0 Å². The van der Waals surface area contributed by atoms with Crippen LogP contribution in [0.25, 0.3) is 0 Å². The van der Waals surface area contributed by atoms with Crippen molar-refractivity contribution in [2.24, 2.45) is 0 Å². The molecule has 2 aromatic rings. The fourth-order valence-electron chi connectivity index (χ4n) is 2.09. The molecular formula is C18H20ClN3O2. The number of carbonyl (C=O) groups is 2. The van der Waals surface area contributed by atoms with E-state index in [1.807, 2.05) is 37.3 Å². The second-order valence-electron chi connectivity index (χ2n) is 5.31. The monoisotopic (exact) mass is 345 g/mol. The second kappa shape index (κ2) is 8.93. The maximum atomic E-state index is 11.9. The Bertz CT molecular complexity index is 705. The van der Waals surface area contributed by atoms with Crippen molar-refractivity contribution in [3.8, 4) is 0 Å². The zero-order chi connectivity index (χ0) is 17.4. The maximum Gasteiger partial charge on any atom is 0.315 e. The van der Waals surface area contributed by atoms with Gasteiger partial charge in [-0.2, -0.15) is 0 Å². The lowest BCUT2D eigenvalue weighted by Crippen LogP contribution is -2.36. The first kappa shape index (κ1) is 17.8. The minimum atomic E-state index is -0.300. The van der Waals surface area contributed by atoms with Crippen molar-refractivity contribution in [1.29, 1.82) is 0 Å². The normalized spacial score (nSPS) is 10.1. The molecule has 2 aromatic carbocycles. The Kier molecular flexibility index (Phi) is 6.63. The van der Waals surface area contributed by atoms with Crippen LogP contribution in [0, 0.1) is 6.92 Å². The zero-order valence-electron chi connectivity index (χ0n) is 13.4. The lowest BCUT2D eigenvalue weighted by atomic mass is 10.2. The van der Waals surface area contributed by atoms with E-state index in [0.717, 1.165) is 11.1 Å². The SMILES string of the molecule is Cc1c(Cl)cccc1NC(=O)CCNC(=O)NCc1ccccc1. The average molecular weight is 346 g/mol. The highest BCUT2D eigenvalue weighted by Gasteiger charge is 2.07. The fraction of sp³-hybridized carbons (Fsp3) is 0.222. The molecule has 5 nitrogen and oxygen atoms in total. The minimum Gasteiger partial charge on any atom is -0.338 e. The maximum absolute atomic E-state index is 11.9. The van der Waals surface area contributed by atoms with E-state index in [4.69, 9.17) is 11.6 Å². The molecule has 0 aliphatic heterocycles. The fourth-order valence-corrected chi connectivity index (χ4v) is 2.26. The van der Waals surface area contributed by atoms with Crippen molar-refractivity contribution in [2.75, 3.05) is 11.9 Å². The van der Waals surface area contributed by atoms with Gasteiger partial charge in [0.2, 0.25) is 5.91 Å². The Morgan fingerprint density at radius 1 is 1.00 bits per heavy atom. The van der Waals surface area contributed by atoms with Crippen LogP contribution in [-0.2, 0) is 11.3 Å². The van der Waals surface area contributed by atoms with Crippen molar-refractivity contribution in [2.45, 2.75) is 19.9 Å². The van der Waals surface area contributed by atoms with Crippen LogP contribution in [0.5, 0.6) is 0 Å². The summed E-state index contributed by atoms with van der Waals surface area (Å²) in [4.78, 5) is 23.6. The largest absolute Gasteiger partial charge is 0.338 e. The second-order valence-corrected chi connectivity index (χ2v) is 5.71. The third kappa shape index (κ3) is 5.59. The summed E-state index contributed by atoms with van der Waals surface area (Å²) in [5.74, 6) is -0.177. The molecule has 0 aliphatic rings. The molecule has 126 valence electrons. The van der Waals surface area contributed by atoms with Crippen LogP contribution in [0.1, 0.15) is 17.5 Å². The molecule has 0 radical (unpaired) electrons. The molecule has 0 bridgehead atoms. The predicted molar refractivity (Wildman–Crippen MR) is 96.1 cm³/mol. The highest BCUT2D eigenvalue weighted by Crippen LogP contribution is 2.22. The van der Waals surface area contributed by atoms with Gasteiger partial charge in [0.1, 0.15) is 0 Å². The molecule has 6 heteroatoms. The van der Waals surface area contributed by atoms with Crippen LogP contribution in [0.2, 0.25) is 5.02 Å². The van der Waals surface area contributed by atoms with Gasteiger partial charge in [-0.15, -0.1) is 0 Å². The van der Waals surface area contributed by atoms with Gasteiger partial charge in [0.05, 0.1) is 0 Å². The molecular weight excluding hydrogens is 326 g/mol. The number of hydrogen-bond donors (Lipinski definition) is 3. The Morgan fingerprint density at radius 3 is 2.50 bits per heavy atom. The van der Waals surface area contributed by atoms with Gasteiger partial charge in [-0.3, -0.25) is 4.79 Å². The number of anilines is 1. The van der Waals surface area contributed by atoms with Gasteiger partial charge in [0, 0.05) is 30.2 Å². The van der Waals surface area contributed by atoms with Gasteiger partial charge in [-0.25, -0.2) is 4.79 Å². The van der Waals surface area contributed by atoms with Crippen molar-refractivity contribution >= 4 is 29.2 Å². The number of carbonyl (C=O) groups excluding carboxylic acids is 2. The first-order valence-corrected chi connectivity index (χ1v) is 8.04. The van der Waals surface area contributed by atoms with Crippen LogP contribution in [0.15, 0.2) is 48.5 Å². The van der Waals surface area contributed by atoms with E-state index in [9.17, 15) is 9.59 Å². The Labute approximate surface area is 146 Å². The number of halogens is 1. The highest BCUT2D eigenvalue weighted by molar-refractivity contribution is 6.31. The number of nitrogens with one attached hydrogen (secondary N) is 3. The van der Waals surface area contributed by atoms with Crippen LogP contribution >= 0.6 is 11.6 Å². The van der Waals surface area contributed by atoms with E-state index in [2.05, 4.69) is 16.0 Å². The van der Waals surface area contributed by atoms with Gasteiger partial charge >= 0.3 is 6.03 Å². The van der Waals surface area contributed by atoms with Gasteiger partial charge in [-0.1, -0.05) is 48.0 Å². The first-order chi connectivity index (χ1) is 11.6. The summed E-state index contributed by atoms with van der Waals surface area (Å²) in [7, 11) is 0. The Hall–Kier alpha value is -2.53. The Morgan fingerprint density at radius 2 is 1.75 bits per heavy atom. The summed E-state index contributed by atoms with van der Waals surface area (Å²) in [6, 6.07) is 14.6. The van der Waals surface area contributed by atoms with E-state index in [1.54, 1.807) is 18.2 Å². The Balaban J connectivity index is 1.68. The third-order valence-corrected chi connectivity index (χ3v) is 3.88. The number of hydrogen-bond acceptors (Lipinski definition) is 2. The summed E-state index contributed by atoms with van der Waals surface area (Å²) >= 11 is 6.01. The topological polar surface area (TPSA) is 70.2 Å². The highest BCUT2D eigenvalue weighted by atomic mass is 35.5. The number of rotatable bonds is 6. The molecule has 0 aromatic heterocycles. The molecule has 3 amide bonds. The summed E-state index contributed by atoms with van der Waals surface area (Å²) in [5.41, 5.74) is 2.52. The number of benzene rings is 2. The molecule has 0 fully saturated rings. The molecule has 0 saturated heterocycles. The number of urea groups is 1. The average Bonchev–Trinajstić information content (AvgIpc) is 2.58. The molecule has 0 aliphatic carbocycles. The van der Waals surface area contributed by atoms with Gasteiger partial charge in [0.25, 0.3) is 0 Å². The van der Waals surface area contributed by atoms with Crippen LogP contribution in [-0.4, -0.2) is 18.5 Å². The van der Waals surface area contributed by atoms with Crippen molar-refractivity contribution < 1.29 is 9.59 Å². The van der Waals surface area contributed by atoms with Crippen LogP contribution in [0.3, 0.4) is 0 Å². The van der Waals surface area contributed by atoms with Gasteiger partial charge < -0.3 is 16.0 Å². The van der Waals surface area contributed by atoms with Gasteiger partial charge in [-0.05, 0) is 30.2 Å². The summed E-state index contributed by atoms with van der Waals surface area (Å²) in [5, 5.41) is 8.79. The van der Waals surface area contributed by atoms with Crippen molar-refractivity contribution in [3.05, 3.63) is 64.7 Å². The standard InChI is InChI=1S/C18H20ClN3O2/c1-13-15(19)8-5-9-16(13)22-17(23)10-11-20-18(24)21-12-14-6-3-2-4-7-14/h2-9H,10-12H2,1H3,(H,22,23)(H2,20,21,24). The molecule has 0 heterocycles. The van der Waals surface area contributed by atoms with E-state index >= 15 is 0 Å². The summed E-state index contributed by atoms with van der Waals surface area (Å²) in [6.45, 7) is 2.54. The van der Waals surface area contributed by atoms with Crippen LogP contribution in [0.4, 0.5) is 10.5 Å².